The van der Waals surface area contributed by atoms with Gasteiger partial charge in [-0.05, 0) is 71.8 Å². The molecular weight excluding hydrogens is 709 g/mol. The quantitative estimate of drug-likeness (QED) is 0.0950. The van der Waals surface area contributed by atoms with E-state index in [4.69, 9.17) is 28.1 Å². The van der Waals surface area contributed by atoms with Gasteiger partial charge >= 0.3 is 11.9 Å². The first-order valence-corrected chi connectivity index (χ1v) is 18.1. The summed E-state index contributed by atoms with van der Waals surface area (Å²) in [6, 6.07) is 23.7. The van der Waals surface area contributed by atoms with Crippen LogP contribution in [0.15, 0.2) is 107 Å². The Balaban J connectivity index is 1.22. The zero-order valence-electron chi connectivity index (χ0n) is 27.4. The average molecular weight is 745 g/mol. The number of aliphatic hydroxyl groups excluding tert-OH is 2. The fourth-order valence-corrected chi connectivity index (χ4v) is 5.71. The molecular formula is C35H36O14S2. The maximum Gasteiger partial charge on any atom is 0.338 e. The highest BCUT2D eigenvalue weighted by Gasteiger charge is 2.24. The summed E-state index contributed by atoms with van der Waals surface area (Å²) in [5.41, 5.74) is 1.23. The van der Waals surface area contributed by atoms with Gasteiger partial charge in [0.15, 0.2) is 0 Å². The van der Waals surface area contributed by atoms with Crippen LogP contribution in [0.4, 0.5) is 0 Å². The molecule has 0 aromatic heterocycles. The smallest absolute Gasteiger partial charge is 0.338 e. The number of esters is 2. The molecule has 2 unspecified atom stereocenters. The minimum absolute atomic E-state index is 0.110. The molecule has 0 aliphatic carbocycles. The van der Waals surface area contributed by atoms with E-state index in [9.17, 15) is 36.6 Å². The second kappa shape index (κ2) is 16.5. The zero-order valence-corrected chi connectivity index (χ0v) is 29.0. The molecule has 14 nitrogen and oxygen atoms in total. The summed E-state index contributed by atoms with van der Waals surface area (Å²) in [7, 11) is -8.99. The van der Waals surface area contributed by atoms with Crippen LogP contribution in [-0.4, -0.2) is 86.7 Å². The summed E-state index contributed by atoms with van der Waals surface area (Å²) in [6.45, 7) is 2.83. The minimum Gasteiger partial charge on any atom is -0.491 e. The number of benzene rings is 4. The van der Waals surface area contributed by atoms with Gasteiger partial charge < -0.3 is 29.2 Å². The normalized spacial score (nSPS) is 13.1. The fraction of sp³-hybridized carbons (Fsp3) is 0.257. The molecule has 4 aromatic rings. The van der Waals surface area contributed by atoms with Crippen molar-refractivity contribution >= 4 is 32.2 Å². The first-order valence-electron chi connectivity index (χ1n) is 15.3. The van der Waals surface area contributed by atoms with Crippen molar-refractivity contribution in [3.8, 4) is 11.5 Å². The van der Waals surface area contributed by atoms with Crippen molar-refractivity contribution in [2.75, 3.05) is 26.4 Å². The highest BCUT2D eigenvalue weighted by Crippen LogP contribution is 2.33. The minimum atomic E-state index is -4.49. The van der Waals surface area contributed by atoms with Gasteiger partial charge in [0.1, 0.15) is 50.1 Å². The van der Waals surface area contributed by atoms with Crippen molar-refractivity contribution in [3.63, 3.8) is 0 Å². The van der Waals surface area contributed by atoms with Gasteiger partial charge in [-0.1, -0.05) is 50.2 Å². The third kappa shape index (κ3) is 11.1. The lowest BCUT2D eigenvalue weighted by atomic mass is 9.78. The van der Waals surface area contributed by atoms with Crippen molar-refractivity contribution in [3.05, 3.63) is 119 Å². The highest BCUT2D eigenvalue weighted by molar-refractivity contribution is 7.86. The number of ether oxygens (including phenoxy) is 4. The predicted molar refractivity (Wildman–Crippen MR) is 181 cm³/mol. The second-order valence-corrected chi connectivity index (χ2v) is 14.6. The van der Waals surface area contributed by atoms with E-state index in [1.165, 1.54) is 24.3 Å². The first-order chi connectivity index (χ1) is 23.9. The van der Waals surface area contributed by atoms with Gasteiger partial charge in [0.2, 0.25) is 0 Å². The van der Waals surface area contributed by atoms with Gasteiger partial charge in [-0.3, -0.25) is 9.11 Å². The Bertz CT molecular complexity index is 1900. The van der Waals surface area contributed by atoms with Gasteiger partial charge in [0, 0.05) is 5.41 Å². The van der Waals surface area contributed by atoms with Crippen LogP contribution in [-0.2, 0) is 35.1 Å². The largest absolute Gasteiger partial charge is 0.491 e. The third-order valence-corrected chi connectivity index (χ3v) is 9.28. The molecule has 0 radical (unpaired) electrons. The number of rotatable bonds is 16. The number of carbonyl (C=O) groups is 2. The molecule has 2 atom stereocenters. The van der Waals surface area contributed by atoms with Gasteiger partial charge in [-0.15, -0.1) is 0 Å². The Hall–Kier alpha value is -4.84. The molecule has 0 bridgehead atoms. The molecule has 0 spiro atoms. The number of aliphatic hydroxyl groups is 2. The molecule has 51 heavy (non-hydrogen) atoms. The predicted octanol–water partition coefficient (Wildman–Crippen LogP) is 3.70. The van der Waals surface area contributed by atoms with Crippen LogP contribution in [0.5, 0.6) is 11.5 Å². The number of hydrogen-bond donors (Lipinski definition) is 4. The third-order valence-electron chi connectivity index (χ3n) is 7.59. The fourth-order valence-electron chi connectivity index (χ4n) is 4.66. The van der Waals surface area contributed by atoms with Gasteiger partial charge in [0.25, 0.3) is 20.2 Å². The molecule has 0 aliphatic heterocycles. The summed E-state index contributed by atoms with van der Waals surface area (Å²) in [5.74, 6) is -0.845. The summed E-state index contributed by atoms with van der Waals surface area (Å²) >= 11 is 0. The Morgan fingerprint density at radius 1 is 0.588 bits per heavy atom. The van der Waals surface area contributed by atoms with Gasteiger partial charge in [-0.25, -0.2) is 9.59 Å². The molecule has 272 valence electrons. The molecule has 0 aliphatic rings. The van der Waals surface area contributed by atoms with Crippen LogP contribution in [0.1, 0.15) is 45.7 Å². The Labute approximate surface area is 294 Å². The van der Waals surface area contributed by atoms with E-state index in [0.717, 1.165) is 35.4 Å². The van der Waals surface area contributed by atoms with Crippen LogP contribution < -0.4 is 9.47 Å². The molecule has 4 N–H and O–H groups in total. The van der Waals surface area contributed by atoms with E-state index in [1.807, 2.05) is 38.1 Å². The van der Waals surface area contributed by atoms with Crippen LogP contribution in [0.3, 0.4) is 0 Å². The van der Waals surface area contributed by atoms with E-state index in [0.29, 0.717) is 11.5 Å². The van der Waals surface area contributed by atoms with Crippen LogP contribution in [0.25, 0.3) is 0 Å². The standard InChI is InChI=1S/C35H36O14S2/c1-35(2,25-9-13-29(14-10-25)46-19-27(36)21-48-33(38)23-5-3-7-31(17-23)50(40,41)42)26-11-15-30(16-12-26)47-20-28(37)22-49-34(39)24-6-4-8-32(18-24)51(43,44)45/h3-18,27-28,36-37H,19-22H2,1-2H3,(H,40,41,42)(H,43,44,45). The van der Waals surface area contributed by atoms with Crippen molar-refractivity contribution in [1.29, 1.82) is 0 Å². The molecule has 0 heterocycles. The lowest BCUT2D eigenvalue weighted by molar-refractivity contribution is 0.0127. The van der Waals surface area contributed by atoms with Gasteiger partial charge in [0.05, 0.1) is 20.9 Å². The molecule has 4 rings (SSSR count). The Morgan fingerprint density at radius 2 is 0.941 bits per heavy atom. The second-order valence-electron chi connectivity index (χ2n) is 11.8. The van der Waals surface area contributed by atoms with Gasteiger partial charge in [-0.2, -0.15) is 16.8 Å². The van der Waals surface area contributed by atoms with Crippen molar-refractivity contribution in [2.24, 2.45) is 0 Å². The highest BCUT2D eigenvalue weighted by atomic mass is 32.2. The lowest BCUT2D eigenvalue weighted by Crippen LogP contribution is -2.25. The maximum atomic E-state index is 12.2. The van der Waals surface area contributed by atoms with E-state index in [1.54, 1.807) is 24.3 Å². The monoisotopic (exact) mass is 744 g/mol. The van der Waals surface area contributed by atoms with Crippen LogP contribution in [0, 0.1) is 0 Å². The topological polar surface area (TPSA) is 220 Å². The summed E-state index contributed by atoms with van der Waals surface area (Å²) in [6.07, 6.45) is -2.35. The Kier molecular flexibility index (Phi) is 12.6. The van der Waals surface area contributed by atoms with Crippen LogP contribution >= 0.6 is 0 Å². The average Bonchev–Trinajstić information content (AvgIpc) is 3.10. The number of hydrogen-bond acceptors (Lipinski definition) is 12. The molecule has 16 heteroatoms. The molecule has 4 aromatic carbocycles. The maximum absolute atomic E-state index is 12.2. The van der Waals surface area contributed by atoms with E-state index in [-0.39, 0.29) is 24.3 Å². The molecule has 0 fully saturated rings. The first kappa shape index (κ1) is 39.0. The van der Waals surface area contributed by atoms with Crippen LogP contribution in [0.2, 0.25) is 0 Å². The SMILES string of the molecule is CC(C)(c1ccc(OCC(O)COC(=O)c2cccc(S(=O)(=O)O)c2)cc1)c1ccc(OCC(O)COC(=O)c2cccc(S(=O)(=O)O)c2)cc1. The van der Waals surface area contributed by atoms with Crippen molar-refractivity contribution < 1.29 is 64.7 Å². The molecule has 0 saturated carbocycles. The van der Waals surface area contributed by atoms with Crippen molar-refractivity contribution in [1.82, 2.24) is 0 Å². The van der Waals surface area contributed by atoms with E-state index >= 15 is 0 Å². The summed E-state index contributed by atoms with van der Waals surface area (Å²) in [4.78, 5) is 23.6. The van der Waals surface area contributed by atoms with Crippen molar-refractivity contribution in [2.45, 2.75) is 41.3 Å². The Morgan fingerprint density at radius 3 is 1.27 bits per heavy atom. The number of carbonyl (C=O) groups excluding carboxylic acids is 2. The summed E-state index contributed by atoms with van der Waals surface area (Å²) in [5, 5.41) is 20.5. The van der Waals surface area contributed by atoms with E-state index < -0.39 is 72.8 Å². The zero-order chi connectivity index (χ0) is 37.4. The molecule has 0 saturated heterocycles. The lowest BCUT2D eigenvalue weighted by Gasteiger charge is -2.26. The summed E-state index contributed by atoms with van der Waals surface area (Å²) < 4.78 is 84.8. The van der Waals surface area contributed by atoms with E-state index in [2.05, 4.69) is 0 Å². The molecule has 0 amide bonds.